The molecule has 0 saturated heterocycles. The van der Waals surface area contributed by atoms with E-state index in [0.29, 0.717) is 0 Å². The Kier molecular flexibility index (Phi) is 3.88. The molecule has 0 heterocycles. The first-order valence-electron chi connectivity index (χ1n) is 7.75. The Morgan fingerprint density at radius 2 is 2.11 bits per heavy atom. The van der Waals surface area contributed by atoms with E-state index in [1.807, 2.05) is 12.1 Å². The molecule has 104 valence electrons. The average Bonchev–Trinajstić information content (AvgIpc) is 3.01. The molecule has 0 aliphatic heterocycles. The quantitative estimate of drug-likeness (QED) is 0.833. The van der Waals surface area contributed by atoms with Crippen LogP contribution in [0.3, 0.4) is 0 Å². The lowest BCUT2D eigenvalue weighted by Gasteiger charge is -2.27. The monoisotopic (exact) mass is 261 g/mol. The lowest BCUT2D eigenvalue weighted by atomic mass is 9.82. The number of nitrogens with one attached hydrogen (secondary N) is 1. The zero-order valence-electron chi connectivity index (χ0n) is 11.7. The summed E-state index contributed by atoms with van der Waals surface area (Å²) in [6.07, 6.45) is 6.76. The second-order valence-electron chi connectivity index (χ2n) is 6.30. The van der Waals surface area contributed by atoms with Gasteiger partial charge in [-0.1, -0.05) is 31.5 Å². The van der Waals surface area contributed by atoms with Gasteiger partial charge in [-0.15, -0.1) is 0 Å². The van der Waals surface area contributed by atoms with Crippen molar-refractivity contribution in [2.24, 2.45) is 17.8 Å². The maximum absolute atomic E-state index is 14.0. The molecule has 4 atom stereocenters. The largest absolute Gasteiger partial charge is 0.310 e. The Bertz CT molecular complexity index is 431. The fourth-order valence-corrected chi connectivity index (χ4v) is 4.29. The summed E-state index contributed by atoms with van der Waals surface area (Å²) in [5.41, 5.74) is 0.854. The Morgan fingerprint density at radius 3 is 2.74 bits per heavy atom. The zero-order valence-corrected chi connectivity index (χ0v) is 11.7. The van der Waals surface area contributed by atoms with Gasteiger partial charge >= 0.3 is 0 Å². The van der Waals surface area contributed by atoms with Crippen LogP contribution in [0, 0.1) is 23.6 Å². The minimum Gasteiger partial charge on any atom is -0.310 e. The van der Waals surface area contributed by atoms with E-state index in [1.165, 1.54) is 25.7 Å². The number of rotatable bonds is 5. The molecule has 0 aromatic heterocycles. The van der Waals surface area contributed by atoms with Gasteiger partial charge in [0, 0.05) is 11.6 Å². The van der Waals surface area contributed by atoms with Gasteiger partial charge in [-0.3, -0.25) is 0 Å². The highest BCUT2D eigenvalue weighted by atomic mass is 19.1. The molecule has 1 nitrogen and oxygen atoms in total. The molecule has 1 N–H and O–H groups in total. The highest BCUT2D eigenvalue weighted by Crippen LogP contribution is 2.51. The minimum absolute atomic E-state index is 0.0587. The molecule has 4 unspecified atom stereocenters. The van der Waals surface area contributed by atoms with Gasteiger partial charge in [0.2, 0.25) is 0 Å². The Balaban J connectivity index is 1.73. The van der Waals surface area contributed by atoms with Crippen LogP contribution in [0.4, 0.5) is 4.39 Å². The van der Waals surface area contributed by atoms with Crippen LogP contribution in [0.1, 0.15) is 50.6 Å². The maximum atomic E-state index is 14.0. The van der Waals surface area contributed by atoms with Crippen LogP contribution >= 0.6 is 0 Å². The van der Waals surface area contributed by atoms with Gasteiger partial charge in [0.25, 0.3) is 0 Å². The van der Waals surface area contributed by atoms with E-state index in [1.54, 1.807) is 12.1 Å². The first kappa shape index (κ1) is 13.1. The summed E-state index contributed by atoms with van der Waals surface area (Å²) in [5, 5.41) is 3.49. The van der Waals surface area contributed by atoms with Crippen LogP contribution in [0.2, 0.25) is 0 Å². The van der Waals surface area contributed by atoms with Crippen LogP contribution in [-0.4, -0.2) is 6.54 Å². The van der Waals surface area contributed by atoms with Gasteiger partial charge in [-0.05, 0) is 56.0 Å². The van der Waals surface area contributed by atoms with Gasteiger partial charge in [0.15, 0.2) is 0 Å². The van der Waals surface area contributed by atoms with Crippen molar-refractivity contribution >= 4 is 0 Å². The molecule has 2 saturated carbocycles. The van der Waals surface area contributed by atoms with Crippen LogP contribution in [-0.2, 0) is 0 Å². The third-order valence-electron chi connectivity index (χ3n) is 5.15. The molecule has 19 heavy (non-hydrogen) atoms. The van der Waals surface area contributed by atoms with E-state index in [9.17, 15) is 4.39 Å². The van der Waals surface area contributed by atoms with Crippen molar-refractivity contribution in [3.05, 3.63) is 35.6 Å². The fraction of sp³-hybridized carbons (Fsp3) is 0.647. The van der Waals surface area contributed by atoms with Crippen molar-refractivity contribution < 1.29 is 4.39 Å². The van der Waals surface area contributed by atoms with E-state index >= 15 is 0 Å². The van der Waals surface area contributed by atoms with E-state index in [4.69, 9.17) is 0 Å². The van der Waals surface area contributed by atoms with Crippen molar-refractivity contribution in [2.45, 2.75) is 45.1 Å². The number of fused-ring (bicyclic) bond motifs is 2. The van der Waals surface area contributed by atoms with Crippen LogP contribution in [0.25, 0.3) is 0 Å². The smallest absolute Gasteiger partial charge is 0.127 e. The lowest BCUT2D eigenvalue weighted by Crippen LogP contribution is -2.26. The molecule has 2 aliphatic rings. The molecule has 3 rings (SSSR count). The molecule has 0 spiro atoms. The molecule has 0 amide bonds. The Hall–Kier alpha value is -0.890. The molecule has 2 heteroatoms. The second-order valence-corrected chi connectivity index (χ2v) is 6.30. The Labute approximate surface area is 115 Å². The molecule has 1 aromatic rings. The van der Waals surface area contributed by atoms with Crippen molar-refractivity contribution in [2.75, 3.05) is 6.54 Å². The SMILES string of the molecule is CCNC(CC1CC2CCC1C2)c1ccccc1F. The average molecular weight is 261 g/mol. The summed E-state index contributed by atoms with van der Waals surface area (Å²) in [5.74, 6) is 2.63. The molecule has 2 bridgehead atoms. The minimum atomic E-state index is -0.0587. The summed E-state index contributed by atoms with van der Waals surface area (Å²) in [6.45, 7) is 3.01. The summed E-state index contributed by atoms with van der Waals surface area (Å²) < 4.78 is 14.0. The topological polar surface area (TPSA) is 12.0 Å². The Morgan fingerprint density at radius 1 is 1.26 bits per heavy atom. The number of halogens is 1. The normalized spacial score (nSPS) is 30.7. The predicted molar refractivity (Wildman–Crippen MR) is 76.4 cm³/mol. The van der Waals surface area contributed by atoms with Crippen LogP contribution in [0.15, 0.2) is 24.3 Å². The zero-order chi connectivity index (χ0) is 13.2. The van der Waals surface area contributed by atoms with Gasteiger partial charge in [-0.2, -0.15) is 0 Å². The van der Waals surface area contributed by atoms with Gasteiger partial charge in [0.1, 0.15) is 5.82 Å². The van der Waals surface area contributed by atoms with Crippen molar-refractivity contribution in [3.8, 4) is 0 Å². The highest BCUT2D eigenvalue weighted by Gasteiger charge is 2.40. The third-order valence-corrected chi connectivity index (χ3v) is 5.15. The first-order chi connectivity index (χ1) is 9.28. The lowest BCUT2D eigenvalue weighted by molar-refractivity contribution is 0.278. The van der Waals surface area contributed by atoms with Gasteiger partial charge in [-0.25, -0.2) is 4.39 Å². The predicted octanol–water partition coefficient (Wildman–Crippen LogP) is 4.30. The van der Waals surface area contributed by atoms with Crippen molar-refractivity contribution in [1.82, 2.24) is 5.32 Å². The molecule has 2 fully saturated rings. The van der Waals surface area contributed by atoms with E-state index in [2.05, 4.69) is 12.2 Å². The van der Waals surface area contributed by atoms with Crippen molar-refractivity contribution in [3.63, 3.8) is 0 Å². The highest BCUT2D eigenvalue weighted by molar-refractivity contribution is 5.21. The summed E-state index contributed by atoms with van der Waals surface area (Å²) in [7, 11) is 0. The number of hydrogen-bond donors (Lipinski definition) is 1. The molecule has 0 radical (unpaired) electrons. The van der Waals surface area contributed by atoms with E-state index in [-0.39, 0.29) is 11.9 Å². The maximum Gasteiger partial charge on any atom is 0.127 e. The number of hydrogen-bond acceptors (Lipinski definition) is 1. The molecule has 2 aliphatic carbocycles. The van der Waals surface area contributed by atoms with E-state index in [0.717, 1.165) is 36.3 Å². The standard InChI is InChI=1S/C17H24FN/c1-2-19-17(15-5-3-4-6-16(15)18)11-14-10-12-7-8-13(14)9-12/h3-6,12-14,17,19H,2,7-11H2,1H3. The van der Waals surface area contributed by atoms with E-state index < -0.39 is 0 Å². The third kappa shape index (κ3) is 2.69. The first-order valence-corrected chi connectivity index (χ1v) is 7.75. The molecule has 1 aromatic carbocycles. The summed E-state index contributed by atoms with van der Waals surface area (Å²) in [6, 6.07) is 7.44. The van der Waals surface area contributed by atoms with Crippen LogP contribution < -0.4 is 5.32 Å². The summed E-state index contributed by atoms with van der Waals surface area (Å²) >= 11 is 0. The van der Waals surface area contributed by atoms with Gasteiger partial charge in [0.05, 0.1) is 0 Å². The molecular weight excluding hydrogens is 237 g/mol. The second kappa shape index (κ2) is 5.62. The molecular formula is C17H24FN. The van der Waals surface area contributed by atoms with Crippen molar-refractivity contribution in [1.29, 1.82) is 0 Å². The number of benzene rings is 1. The fourth-order valence-electron chi connectivity index (χ4n) is 4.29. The van der Waals surface area contributed by atoms with Crippen LogP contribution in [0.5, 0.6) is 0 Å². The van der Waals surface area contributed by atoms with Gasteiger partial charge < -0.3 is 5.32 Å². The summed E-state index contributed by atoms with van der Waals surface area (Å²) in [4.78, 5) is 0.